The number of carbonyl (C=O) groups excluding carboxylic acids is 1. The first-order chi connectivity index (χ1) is 17.7. The topological polar surface area (TPSA) is 46.9 Å². The number of carbonyl (C=O) groups is 1. The lowest BCUT2D eigenvalue weighted by Gasteiger charge is -2.18. The van der Waals surface area contributed by atoms with E-state index in [2.05, 4.69) is 101 Å². The van der Waals surface area contributed by atoms with Crippen LogP contribution in [0.5, 0.6) is 0 Å². The van der Waals surface area contributed by atoms with E-state index < -0.39 is 0 Å². The highest BCUT2D eigenvalue weighted by Gasteiger charge is 2.23. The van der Waals surface area contributed by atoms with Gasteiger partial charge in [0.1, 0.15) is 0 Å². The molecule has 0 bridgehead atoms. The van der Waals surface area contributed by atoms with E-state index >= 15 is 0 Å². The molecule has 1 amide bonds. The molecule has 1 N–H and O–H groups in total. The molecule has 0 aliphatic rings. The smallest absolute Gasteiger partial charge is 0.220 e. The van der Waals surface area contributed by atoms with Crippen LogP contribution in [0.4, 0.5) is 0 Å². The Hall–Kier alpha value is -4.18. The third-order valence-electron chi connectivity index (χ3n) is 6.65. The molecule has 5 rings (SSSR count). The molecule has 1 unspecified atom stereocenters. The number of aryl methyl sites for hydroxylation is 1. The summed E-state index contributed by atoms with van der Waals surface area (Å²) >= 11 is 0. The van der Waals surface area contributed by atoms with Crippen LogP contribution in [0.3, 0.4) is 0 Å². The van der Waals surface area contributed by atoms with Crippen molar-refractivity contribution in [1.29, 1.82) is 0 Å². The van der Waals surface area contributed by atoms with E-state index in [0.29, 0.717) is 13.0 Å². The van der Waals surface area contributed by atoms with Crippen LogP contribution in [-0.4, -0.2) is 22.0 Å². The summed E-state index contributed by atoms with van der Waals surface area (Å²) in [5, 5.41) is 4.32. The highest BCUT2D eigenvalue weighted by Crippen LogP contribution is 2.35. The number of para-hydroxylation sites is 1. The normalized spacial score (nSPS) is 11.9. The van der Waals surface area contributed by atoms with Crippen LogP contribution in [0, 0.1) is 6.92 Å². The molecule has 0 spiro atoms. The lowest BCUT2D eigenvalue weighted by Crippen LogP contribution is -2.27. The van der Waals surface area contributed by atoms with Crippen LogP contribution in [0.1, 0.15) is 40.3 Å². The second kappa shape index (κ2) is 11.0. The van der Waals surface area contributed by atoms with Crippen LogP contribution in [0.25, 0.3) is 10.9 Å². The van der Waals surface area contributed by atoms with Crippen LogP contribution >= 0.6 is 0 Å². The summed E-state index contributed by atoms with van der Waals surface area (Å²) in [6.07, 6.45) is 5.14. The number of benzene rings is 3. The zero-order chi connectivity index (χ0) is 24.7. The van der Waals surface area contributed by atoms with Crippen molar-refractivity contribution < 1.29 is 4.79 Å². The fourth-order valence-corrected chi connectivity index (χ4v) is 4.89. The number of hydrogen-bond donors (Lipinski definition) is 1. The minimum atomic E-state index is -0.0401. The van der Waals surface area contributed by atoms with Crippen LogP contribution < -0.4 is 5.32 Å². The van der Waals surface area contributed by atoms with Gasteiger partial charge >= 0.3 is 0 Å². The van der Waals surface area contributed by atoms with Crippen molar-refractivity contribution in [3.05, 3.63) is 137 Å². The molecule has 36 heavy (non-hydrogen) atoms. The standard InChI is InChI=1S/C32H31N3O/c1-24-10-9-13-26(20-24)29(21-32(36)34-19-17-27-14-7-8-18-33-27)30-23-35(22-25-11-3-2-4-12-25)31-16-6-5-15-28(30)31/h2-16,18,20,23,29H,17,19,21-22H2,1H3,(H,34,36). The van der Waals surface area contributed by atoms with Crippen molar-refractivity contribution in [2.24, 2.45) is 0 Å². The summed E-state index contributed by atoms with van der Waals surface area (Å²) in [7, 11) is 0. The molecular weight excluding hydrogens is 442 g/mol. The maximum absolute atomic E-state index is 13.2. The highest BCUT2D eigenvalue weighted by atomic mass is 16.1. The first kappa shape index (κ1) is 23.6. The highest BCUT2D eigenvalue weighted by molar-refractivity contribution is 5.86. The molecule has 2 heterocycles. The summed E-state index contributed by atoms with van der Waals surface area (Å²) in [5.41, 5.74) is 6.97. The third-order valence-corrected chi connectivity index (χ3v) is 6.65. The molecule has 1 atom stereocenters. The first-order valence-electron chi connectivity index (χ1n) is 12.5. The Kier molecular flexibility index (Phi) is 7.23. The van der Waals surface area contributed by atoms with E-state index in [4.69, 9.17) is 0 Å². The number of aromatic nitrogens is 2. The number of fused-ring (bicyclic) bond motifs is 1. The zero-order valence-corrected chi connectivity index (χ0v) is 20.6. The molecule has 5 aromatic rings. The van der Waals surface area contributed by atoms with Gasteiger partial charge in [0, 0.05) is 60.8 Å². The molecule has 0 fully saturated rings. The van der Waals surface area contributed by atoms with Gasteiger partial charge in [-0.2, -0.15) is 0 Å². The van der Waals surface area contributed by atoms with Crippen molar-refractivity contribution in [3.8, 4) is 0 Å². The molecule has 0 aliphatic heterocycles. The van der Waals surface area contributed by atoms with Gasteiger partial charge in [0.05, 0.1) is 0 Å². The lowest BCUT2D eigenvalue weighted by molar-refractivity contribution is -0.121. The Morgan fingerprint density at radius 1 is 0.917 bits per heavy atom. The number of amides is 1. The molecule has 0 aliphatic carbocycles. The second-order valence-corrected chi connectivity index (χ2v) is 9.31. The average molecular weight is 474 g/mol. The second-order valence-electron chi connectivity index (χ2n) is 9.31. The molecule has 4 heteroatoms. The van der Waals surface area contributed by atoms with Crippen molar-refractivity contribution >= 4 is 16.8 Å². The van der Waals surface area contributed by atoms with Gasteiger partial charge in [-0.15, -0.1) is 0 Å². The van der Waals surface area contributed by atoms with Crippen molar-refractivity contribution in [3.63, 3.8) is 0 Å². The van der Waals surface area contributed by atoms with Gasteiger partial charge in [-0.3, -0.25) is 9.78 Å². The van der Waals surface area contributed by atoms with Crippen LogP contribution in [0.2, 0.25) is 0 Å². The zero-order valence-electron chi connectivity index (χ0n) is 20.6. The van der Waals surface area contributed by atoms with Gasteiger partial charge < -0.3 is 9.88 Å². The predicted octanol–water partition coefficient (Wildman–Crippen LogP) is 6.27. The Morgan fingerprint density at radius 2 is 1.72 bits per heavy atom. The number of pyridine rings is 1. The Balaban J connectivity index is 1.44. The van der Waals surface area contributed by atoms with Crippen molar-refractivity contribution in [2.75, 3.05) is 6.54 Å². The van der Waals surface area contributed by atoms with E-state index in [1.165, 1.54) is 27.6 Å². The number of nitrogens with one attached hydrogen (secondary N) is 1. The monoisotopic (exact) mass is 473 g/mol. The van der Waals surface area contributed by atoms with E-state index in [0.717, 1.165) is 24.2 Å². The predicted molar refractivity (Wildman–Crippen MR) is 146 cm³/mol. The summed E-state index contributed by atoms with van der Waals surface area (Å²) in [4.78, 5) is 17.5. The van der Waals surface area contributed by atoms with Crippen molar-refractivity contribution in [2.45, 2.75) is 32.2 Å². The van der Waals surface area contributed by atoms with E-state index in [1.807, 2.05) is 24.3 Å². The van der Waals surface area contributed by atoms with Gasteiger partial charge in [0.25, 0.3) is 0 Å². The maximum Gasteiger partial charge on any atom is 0.220 e. The molecule has 4 nitrogen and oxygen atoms in total. The molecular formula is C32H31N3O. The van der Waals surface area contributed by atoms with Gasteiger partial charge in [-0.1, -0.05) is 84.4 Å². The quantitative estimate of drug-likeness (QED) is 0.274. The average Bonchev–Trinajstić information content (AvgIpc) is 3.26. The Labute approximate surface area is 212 Å². The molecule has 0 radical (unpaired) electrons. The molecule has 3 aromatic carbocycles. The molecule has 0 saturated carbocycles. The lowest BCUT2D eigenvalue weighted by atomic mass is 9.87. The molecule has 180 valence electrons. The Bertz CT molecular complexity index is 1440. The number of nitrogens with zero attached hydrogens (tertiary/aromatic N) is 2. The largest absolute Gasteiger partial charge is 0.356 e. The molecule has 0 saturated heterocycles. The van der Waals surface area contributed by atoms with Gasteiger partial charge in [-0.25, -0.2) is 0 Å². The maximum atomic E-state index is 13.2. The van der Waals surface area contributed by atoms with Crippen LogP contribution in [0.15, 0.2) is 109 Å². The van der Waals surface area contributed by atoms with E-state index in [-0.39, 0.29) is 11.8 Å². The molecule has 2 aromatic heterocycles. The summed E-state index contributed by atoms with van der Waals surface area (Å²) in [6.45, 7) is 3.47. The van der Waals surface area contributed by atoms with Gasteiger partial charge in [0.2, 0.25) is 5.91 Å². The van der Waals surface area contributed by atoms with Gasteiger partial charge in [-0.05, 0) is 41.8 Å². The van der Waals surface area contributed by atoms with Crippen molar-refractivity contribution in [1.82, 2.24) is 14.9 Å². The number of hydrogen-bond acceptors (Lipinski definition) is 2. The van der Waals surface area contributed by atoms with E-state index in [9.17, 15) is 4.79 Å². The summed E-state index contributed by atoms with van der Waals surface area (Å²) < 4.78 is 2.31. The Morgan fingerprint density at radius 3 is 2.53 bits per heavy atom. The minimum absolute atomic E-state index is 0.0401. The minimum Gasteiger partial charge on any atom is -0.356 e. The van der Waals surface area contributed by atoms with Crippen LogP contribution in [-0.2, 0) is 17.8 Å². The fraction of sp³-hybridized carbons (Fsp3) is 0.188. The van der Waals surface area contributed by atoms with Gasteiger partial charge in [0.15, 0.2) is 0 Å². The summed E-state index contributed by atoms with van der Waals surface area (Å²) in [5.74, 6) is 0.0130. The number of rotatable bonds is 9. The SMILES string of the molecule is Cc1cccc(C(CC(=O)NCCc2ccccn2)c2cn(Cc3ccccc3)c3ccccc23)c1. The summed E-state index contributed by atoms with van der Waals surface area (Å²) in [6, 6.07) is 33.4. The third kappa shape index (κ3) is 5.55. The fourth-order valence-electron chi connectivity index (χ4n) is 4.89. The first-order valence-corrected chi connectivity index (χ1v) is 12.5. The van der Waals surface area contributed by atoms with E-state index in [1.54, 1.807) is 6.20 Å².